The van der Waals surface area contributed by atoms with Gasteiger partial charge >= 0.3 is 0 Å². The van der Waals surface area contributed by atoms with Gasteiger partial charge in [0.2, 0.25) is 15.9 Å². The zero-order valence-corrected chi connectivity index (χ0v) is 16.7. The number of sulfonamides is 1. The lowest BCUT2D eigenvalue weighted by Gasteiger charge is -2.29. The molecule has 1 aliphatic rings. The summed E-state index contributed by atoms with van der Waals surface area (Å²) in [5.41, 5.74) is 0.913. The van der Waals surface area contributed by atoms with Crippen LogP contribution in [0.3, 0.4) is 0 Å². The van der Waals surface area contributed by atoms with E-state index in [2.05, 4.69) is 12.2 Å². The molecule has 7 heteroatoms. The van der Waals surface area contributed by atoms with E-state index in [-0.39, 0.29) is 18.9 Å². The third kappa shape index (κ3) is 5.79. The highest BCUT2D eigenvalue weighted by Crippen LogP contribution is 2.18. The van der Waals surface area contributed by atoms with Gasteiger partial charge in [-0.3, -0.25) is 4.79 Å². The molecule has 1 N–H and O–H groups in total. The lowest BCUT2D eigenvalue weighted by molar-refractivity contribution is -0.131. The summed E-state index contributed by atoms with van der Waals surface area (Å²) in [6, 6.07) is 6.97. The average molecular weight is 382 g/mol. The highest BCUT2D eigenvalue weighted by atomic mass is 32.2. The minimum atomic E-state index is -3.58. The van der Waals surface area contributed by atoms with Crippen LogP contribution in [-0.2, 0) is 14.8 Å². The van der Waals surface area contributed by atoms with Gasteiger partial charge in [-0.2, -0.15) is 4.31 Å². The van der Waals surface area contributed by atoms with Crippen molar-refractivity contribution in [3.8, 4) is 0 Å². The van der Waals surface area contributed by atoms with Crippen molar-refractivity contribution in [2.24, 2.45) is 0 Å². The molecule has 1 amide bonds. The molecule has 0 aromatic heterocycles. The molecular weight excluding hydrogens is 350 g/mol. The molecule has 0 atom stereocenters. The molecule has 1 saturated heterocycles. The van der Waals surface area contributed by atoms with Gasteiger partial charge in [0.1, 0.15) is 0 Å². The first-order valence-electron chi connectivity index (χ1n) is 9.50. The van der Waals surface area contributed by atoms with Gasteiger partial charge in [0.05, 0.1) is 4.90 Å². The molecule has 0 bridgehead atoms. The second-order valence-electron chi connectivity index (χ2n) is 6.81. The van der Waals surface area contributed by atoms with Gasteiger partial charge in [0, 0.05) is 45.7 Å². The topological polar surface area (TPSA) is 69.7 Å². The Balaban J connectivity index is 2.07. The molecule has 0 saturated carbocycles. The van der Waals surface area contributed by atoms with Gasteiger partial charge in [-0.1, -0.05) is 31.9 Å². The standard InChI is InChI=1S/C19H31N3O3S/c1-3-4-5-12-22(13-9-19(23)21-14-10-20-11-15-21)26(24,25)18-8-6-7-17(2)16-18/h6-8,16,20H,3-5,9-15H2,1-2H3. The number of rotatable bonds is 9. The van der Waals surface area contributed by atoms with E-state index in [9.17, 15) is 13.2 Å². The Bertz CT molecular complexity index is 685. The molecule has 2 rings (SSSR count). The van der Waals surface area contributed by atoms with E-state index < -0.39 is 10.0 Å². The van der Waals surface area contributed by atoms with Crippen LogP contribution >= 0.6 is 0 Å². The monoisotopic (exact) mass is 381 g/mol. The molecule has 1 fully saturated rings. The van der Waals surface area contributed by atoms with Crippen LogP contribution in [-0.4, -0.2) is 62.8 Å². The number of benzene rings is 1. The fourth-order valence-corrected chi connectivity index (χ4v) is 4.69. The Kier molecular flexibility index (Phi) is 8.06. The highest BCUT2D eigenvalue weighted by Gasteiger charge is 2.26. The van der Waals surface area contributed by atoms with E-state index in [4.69, 9.17) is 0 Å². The van der Waals surface area contributed by atoms with Gasteiger partial charge in [-0.05, 0) is 31.0 Å². The number of nitrogens with zero attached hydrogens (tertiary/aromatic N) is 2. The molecule has 26 heavy (non-hydrogen) atoms. The fourth-order valence-electron chi connectivity index (χ4n) is 3.11. The van der Waals surface area contributed by atoms with Crippen LogP contribution in [0.4, 0.5) is 0 Å². The van der Waals surface area contributed by atoms with Crippen LogP contribution < -0.4 is 5.32 Å². The van der Waals surface area contributed by atoms with Crippen molar-refractivity contribution in [1.29, 1.82) is 0 Å². The average Bonchev–Trinajstić information content (AvgIpc) is 2.64. The Hall–Kier alpha value is -1.44. The summed E-state index contributed by atoms with van der Waals surface area (Å²) >= 11 is 0. The van der Waals surface area contributed by atoms with Gasteiger partial charge in [-0.15, -0.1) is 0 Å². The van der Waals surface area contributed by atoms with Gasteiger partial charge in [0.15, 0.2) is 0 Å². The van der Waals surface area contributed by atoms with Crippen molar-refractivity contribution in [1.82, 2.24) is 14.5 Å². The third-order valence-corrected chi connectivity index (χ3v) is 6.58. The summed E-state index contributed by atoms with van der Waals surface area (Å²) in [7, 11) is -3.58. The van der Waals surface area contributed by atoms with Gasteiger partial charge in [0.25, 0.3) is 0 Å². The van der Waals surface area contributed by atoms with Crippen LogP contribution in [0.15, 0.2) is 29.2 Å². The molecule has 1 aromatic rings. The Labute approximate surface area is 157 Å². The number of hydrogen-bond donors (Lipinski definition) is 1. The second kappa shape index (κ2) is 10.0. The van der Waals surface area contributed by atoms with Crippen LogP contribution in [0.1, 0.15) is 38.2 Å². The van der Waals surface area contributed by atoms with Crippen LogP contribution in [0.25, 0.3) is 0 Å². The van der Waals surface area contributed by atoms with E-state index in [1.165, 1.54) is 4.31 Å². The highest BCUT2D eigenvalue weighted by molar-refractivity contribution is 7.89. The van der Waals surface area contributed by atoms with E-state index in [0.29, 0.717) is 24.5 Å². The first-order chi connectivity index (χ1) is 12.4. The molecule has 0 radical (unpaired) electrons. The Morgan fingerprint density at radius 2 is 1.92 bits per heavy atom. The van der Waals surface area contributed by atoms with Crippen LogP contribution in [0.2, 0.25) is 0 Å². The Morgan fingerprint density at radius 1 is 1.19 bits per heavy atom. The predicted molar refractivity (Wildman–Crippen MR) is 104 cm³/mol. The number of carbonyl (C=O) groups excluding carboxylic acids is 1. The van der Waals surface area contributed by atoms with E-state index in [1.54, 1.807) is 18.2 Å². The lowest BCUT2D eigenvalue weighted by Crippen LogP contribution is -2.47. The number of aryl methyl sites for hydroxylation is 1. The molecule has 0 unspecified atom stereocenters. The van der Waals surface area contributed by atoms with E-state index in [0.717, 1.165) is 37.9 Å². The SMILES string of the molecule is CCCCCN(CCC(=O)N1CCNCC1)S(=O)(=O)c1cccc(C)c1. The first kappa shape index (κ1) is 20.9. The number of unbranched alkanes of at least 4 members (excludes halogenated alkanes) is 2. The normalized spacial score (nSPS) is 15.4. The molecule has 6 nitrogen and oxygen atoms in total. The smallest absolute Gasteiger partial charge is 0.243 e. The number of amides is 1. The maximum atomic E-state index is 13.1. The largest absolute Gasteiger partial charge is 0.340 e. The van der Waals surface area contributed by atoms with Crippen molar-refractivity contribution in [2.75, 3.05) is 39.3 Å². The van der Waals surface area contributed by atoms with Crippen LogP contribution in [0.5, 0.6) is 0 Å². The summed E-state index contributed by atoms with van der Waals surface area (Å²) < 4.78 is 27.6. The fraction of sp³-hybridized carbons (Fsp3) is 0.632. The molecular formula is C19H31N3O3S. The van der Waals surface area contributed by atoms with E-state index in [1.807, 2.05) is 17.9 Å². The van der Waals surface area contributed by atoms with Crippen molar-refractivity contribution in [2.45, 2.75) is 44.4 Å². The van der Waals surface area contributed by atoms with Crippen molar-refractivity contribution >= 4 is 15.9 Å². The Morgan fingerprint density at radius 3 is 2.58 bits per heavy atom. The van der Waals surface area contributed by atoms with E-state index >= 15 is 0 Å². The van der Waals surface area contributed by atoms with Crippen molar-refractivity contribution in [3.63, 3.8) is 0 Å². The van der Waals surface area contributed by atoms with Crippen molar-refractivity contribution < 1.29 is 13.2 Å². The number of hydrogen-bond acceptors (Lipinski definition) is 4. The van der Waals surface area contributed by atoms with Gasteiger partial charge < -0.3 is 10.2 Å². The zero-order valence-electron chi connectivity index (χ0n) is 15.9. The lowest BCUT2D eigenvalue weighted by atomic mass is 10.2. The molecule has 1 aromatic carbocycles. The summed E-state index contributed by atoms with van der Waals surface area (Å²) in [5, 5.41) is 3.22. The number of carbonyl (C=O) groups is 1. The molecule has 146 valence electrons. The minimum Gasteiger partial charge on any atom is -0.340 e. The predicted octanol–water partition coefficient (Wildman–Crippen LogP) is 2.00. The number of piperazine rings is 1. The summed E-state index contributed by atoms with van der Waals surface area (Å²) in [5.74, 6) is 0.0337. The first-order valence-corrected chi connectivity index (χ1v) is 10.9. The maximum absolute atomic E-state index is 13.1. The number of nitrogens with one attached hydrogen (secondary N) is 1. The summed E-state index contributed by atoms with van der Waals surface area (Å²) in [6.07, 6.45) is 3.05. The van der Waals surface area contributed by atoms with Crippen molar-refractivity contribution in [3.05, 3.63) is 29.8 Å². The molecule has 0 spiro atoms. The third-order valence-electron chi connectivity index (χ3n) is 4.68. The summed E-state index contributed by atoms with van der Waals surface area (Å²) in [4.78, 5) is 14.6. The molecule has 1 aliphatic heterocycles. The quantitative estimate of drug-likeness (QED) is 0.664. The zero-order chi connectivity index (χ0) is 19.0. The van der Waals surface area contributed by atoms with Gasteiger partial charge in [-0.25, -0.2) is 8.42 Å². The molecule has 0 aliphatic carbocycles. The minimum absolute atomic E-state index is 0.0337. The molecule has 1 heterocycles. The summed E-state index contributed by atoms with van der Waals surface area (Å²) in [6.45, 7) is 7.66. The maximum Gasteiger partial charge on any atom is 0.243 e. The van der Waals surface area contributed by atoms with Crippen LogP contribution in [0, 0.1) is 6.92 Å². The second-order valence-corrected chi connectivity index (χ2v) is 8.75.